The molecule has 1 aliphatic rings. The molecule has 23 heavy (non-hydrogen) atoms. The van der Waals surface area contributed by atoms with E-state index in [2.05, 4.69) is 6.92 Å². The van der Waals surface area contributed by atoms with E-state index in [0.29, 0.717) is 5.92 Å². The number of aliphatic hydroxyl groups excluding tert-OH is 2. The molecule has 0 radical (unpaired) electrons. The zero-order valence-electron chi connectivity index (χ0n) is 15.6. The lowest BCUT2D eigenvalue weighted by molar-refractivity contribution is 0.0450. The Bertz CT molecular complexity index is 254. The summed E-state index contributed by atoms with van der Waals surface area (Å²) in [5.74, 6) is 0.320. The minimum Gasteiger partial charge on any atom is -0.393 e. The van der Waals surface area contributed by atoms with Gasteiger partial charge in [0.25, 0.3) is 0 Å². The molecule has 0 aliphatic heterocycles. The summed E-state index contributed by atoms with van der Waals surface area (Å²) in [4.78, 5) is 0. The molecule has 1 aliphatic carbocycles. The molecule has 2 nitrogen and oxygen atoms in total. The van der Waals surface area contributed by atoms with Gasteiger partial charge in [0.2, 0.25) is 0 Å². The van der Waals surface area contributed by atoms with Gasteiger partial charge in [0.05, 0.1) is 12.2 Å². The Hall–Kier alpha value is -0.0800. The standard InChI is InChI=1S/C21H42O2/c1-2-3-4-9-13-16-20(22)18-19-15-12-10-7-5-6-8-11-14-17-21(19)23/h19-23H,2-18H2,1H3. The van der Waals surface area contributed by atoms with Crippen molar-refractivity contribution in [3.63, 3.8) is 0 Å². The zero-order chi connectivity index (χ0) is 16.8. The maximum Gasteiger partial charge on any atom is 0.0569 e. The van der Waals surface area contributed by atoms with Gasteiger partial charge in [0.1, 0.15) is 0 Å². The summed E-state index contributed by atoms with van der Waals surface area (Å²) in [6.07, 6.45) is 20.1. The van der Waals surface area contributed by atoms with E-state index in [4.69, 9.17) is 0 Å². The maximum atomic E-state index is 10.5. The Balaban J connectivity index is 2.29. The normalized spacial score (nSPS) is 26.2. The van der Waals surface area contributed by atoms with Crippen LogP contribution in [-0.4, -0.2) is 22.4 Å². The molecule has 0 aromatic heterocycles. The molecule has 0 heterocycles. The van der Waals surface area contributed by atoms with Crippen LogP contribution in [0, 0.1) is 5.92 Å². The molecule has 1 rings (SSSR count). The van der Waals surface area contributed by atoms with Crippen LogP contribution in [-0.2, 0) is 0 Å². The molecule has 3 atom stereocenters. The van der Waals surface area contributed by atoms with E-state index in [0.717, 1.165) is 38.5 Å². The predicted molar refractivity (Wildman–Crippen MR) is 99.7 cm³/mol. The Kier molecular flexibility index (Phi) is 13.0. The summed E-state index contributed by atoms with van der Waals surface area (Å²) < 4.78 is 0. The van der Waals surface area contributed by atoms with Crippen molar-refractivity contribution in [2.24, 2.45) is 5.92 Å². The zero-order valence-corrected chi connectivity index (χ0v) is 15.6. The highest BCUT2D eigenvalue weighted by atomic mass is 16.3. The summed E-state index contributed by atoms with van der Waals surface area (Å²) in [5.41, 5.74) is 0. The molecule has 0 aromatic carbocycles. The van der Waals surface area contributed by atoms with Crippen LogP contribution in [0.4, 0.5) is 0 Å². The van der Waals surface area contributed by atoms with E-state index >= 15 is 0 Å². The second-order valence-corrected chi connectivity index (χ2v) is 7.83. The number of rotatable bonds is 8. The highest BCUT2D eigenvalue weighted by molar-refractivity contribution is 4.74. The molecular formula is C21H42O2. The molecule has 2 heteroatoms. The average Bonchev–Trinajstić information content (AvgIpc) is 2.53. The monoisotopic (exact) mass is 326 g/mol. The molecule has 1 fully saturated rings. The minimum absolute atomic E-state index is 0.191. The van der Waals surface area contributed by atoms with Gasteiger partial charge < -0.3 is 10.2 Å². The van der Waals surface area contributed by atoms with Crippen molar-refractivity contribution in [3.05, 3.63) is 0 Å². The van der Waals surface area contributed by atoms with Crippen molar-refractivity contribution >= 4 is 0 Å². The molecule has 0 bridgehead atoms. The van der Waals surface area contributed by atoms with Crippen LogP contribution >= 0.6 is 0 Å². The van der Waals surface area contributed by atoms with Crippen molar-refractivity contribution < 1.29 is 10.2 Å². The third-order valence-corrected chi connectivity index (χ3v) is 5.58. The van der Waals surface area contributed by atoms with Gasteiger partial charge in [-0.05, 0) is 31.6 Å². The Morgan fingerprint density at radius 3 is 2.00 bits per heavy atom. The van der Waals surface area contributed by atoms with Crippen LogP contribution < -0.4 is 0 Å². The van der Waals surface area contributed by atoms with Crippen molar-refractivity contribution in [2.45, 2.75) is 128 Å². The summed E-state index contributed by atoms with van der Waals surface area (Å²) in [5, 5.41) is 20.9. The van der Waals surface area contributed by atoms with Crippen molar-refractivity contribution in [1.82, 2.24) is 0 Å². The fourth-order valence-electron chi connectivity index (χ4n) is 3.97. The largest absolute Gasteiger partial charge is 0.393 e. The van der Waals surface area contributed by atoms with E-state index in [1.54, 1.807) is 0 Å². The van der Waals surface area contributed by atoms with Crippen molar-refractivity contribution in [2.75, 3.05) is 0 Å². The minimum atomic E-state index is -0.204. The Labute approximate surface area is 145 Å². The van der Waals surface area contributed by atoms with Gasteiger partial charge in [0.15, 0.2) is 0 Å². The molecule has 1 saturated carbocycles. The van der Waals surface area contributed by atoms with Gasteiger partial charge in [-0.25, -0.2) is 0 Å². The first-order valence-electron chi connectivity index (χ1n) is 10.6. The first-order chi connectivity index (χ1) is 11.2. The fourth-order valence-corrected chi connectivity index (χ4v) is 3.97. The third kappa shape index (κ3) is 11.2. The number of unbranched alkanes of at least 4 members (excludes halogenated alkanes) is 4. The summed E-state index contributed by atoms with van der Waals surface area (Å²) >= 11 is 0. The Morgan fingerprint density at radius 1 is 0.783 bits per heavy atom. The highest BCUT2D eigenvalue weighted by Gasteiger charge is 2.22. The van der Waals surface area contributed by atoms with E-state index in [1.165, 1.54) is 70.6 Å². The predicted octanol–water partition coefficient (Wildman–Crippen LogP) is 5.99. The fraction of sp³-hybridized carbons (Fsp3) is 1.00. The quantitative estimate of drug-likeness (QED) is 0.538. The van der Waals surface area contributed by atoms with Crippen LogP contribution in [0.3, 0.4) is 0 Å². The number of hydrogen-bond acceptors (Lipinski definition) is 2. The number of aliphatic hydroxyl groups is 2. The van der Waals surface area contributed by atoms with Crippen LogP contribution in [0.25, 0.3) is 0 Å². The van der Waals surface area contributed by atoms with Crippen molar-refractivity contribution in [3.8, 4) is 0 Å². The highest BCUT2D eigenvalue weighted by Crippen LogP contribution is 2.26. The van der Waals surface area contributed by atoms with Crippen LogP contribution in [0.1, 0.15) is 116 Å². The molecule has 2 N–H and O–H groups in total. The molecule has 0 amide bonds. The number of hydrogen-bond donors (Lipinski definition) is 2. The third-order valence-electron chi connectivity index (χ3n) is 5.58. The van der Waals surface area contributed by atoms with Crippen molar-refractivity contribution in [1.29, 1.82) is 0 Å². The molecule has 138 valence electrons. The first kappa shape index (κ1) is 21.0. The lowest BCUT2D eigenvalue weighted by Gasteiger charge is -2.26. The lowest BCUT2D eigenvalue weighted by Crippen LogP contribution is -2.25. The SMILES string of the molecule is CCCCCCCC(O)CC1CCCCCCCCCCC1O. The van der Waals surface area contributed by atoms with Gasteiger partial charge in [-0.15, -0.1) is 0 Å². The Morgan fingerprint density at radius 2 is 1.35 bits per heavy atom. The van der Waals surface area contributed by atoms with E-state index < -0.39 is 0 Å². The van der Waals surface area contributed by atoms with E-state index in [1.807, 2.05) is 0 Å². The van der Waals surface area contributed by atoms with Gasteiger partial charge in [-0.1, -0.05) is 90.4 Å². The second kappa shape index (κ2) is 14.3. The summed E-state index contributed by atoms with van der Waals surface area (Å²) in [6.45, 7) is 2.24. The van der Waals surface area contributed by atoms with Gasteiger partial charge in [-0.2, -0.15) is 0 Å². The van der Waals surface area contributed by atoms with E-state index in [9.17, 15) is 10.2 Å². The van der Waals surface area contributed by atoms with Gasteiger partial charge in [0, 0.05) is 0 Å². The van der Waals surface area contributed by atoms with Gasteiger partial charge >= 0.3 is 0 Å². The maximum absolute atomic E-state index is 10.5. The summed E-state index contributed by atoms with van der Waals surface area (Å²) in [7, 11) is 0. The molecule has 3 unspecified atom stereocenters. The van der Waals surface area contributed by atoms with E-state index in [-0.39, 0.29) is 12.2 Å². The topological polar surface area (TPSA) is 40.5 Å². The molecule has 0 spiro atoms. The molecule has 0 saturated heterocycles. The van der Waals surface area contributed by atoms with Crippen LogP contribution in [0.15, 0.2) is 0 Å². The summed E-state index contributed by atoms with van der Waals surface area (Å²) in [6, 6.07) is 0. The van der Waals surface area contributed by atoms with Gasteiger partial charge in [-0.3, -0.25) is 0 Å². The molecule has 0 aromatic rings. The van der Waals surface area contributed by atoms with Crippen LogP contribution in [0.5, 0.6) is 0 Å². The smallest absolute Gasteiger partial charge is 0.0569 e. The average molecular weight is 327 g/mol. The second-order valence-electron chi connectivity index (χ2n) is 7.83. The molecular weight excluding hydrogens is 284 g/mol. The first-order valence-corrected chi connectivity index (χ1v) is 10.6. The lowest BCUT2D eigenvalue weighted by atomic mass is 9.85. The van der Waals surface area contributed by atoms with Crippen LogP contribution in [0.2, 0.25) is 0 Å².